The molecule has 0 radical (unpaired) electrons. The van der Waals surface area contributed by atoms with Crippen LogP contribution in [0.4, 0.5) is 10.5 Å². The summed E-state index contributed by atoms with van der Waals surface area (Å²) in [6.45, 7) is 0.867. The van der Waals surface area contributed by atoms with Gasteiger partial charge >= 0.3 is 12.0 Å². The SMILES string of the molecule is COc1ccc(NC(=O)NC(=O)COC(=O)C(C)Oc2ccc(OC)cc2)cc1. The van der Waals surface area contributed by atoms with Gasteiger partial charge in [0.1, 0.15) is 17.2 Å². The number of anilines is 1. The number of hydrogen-bond donors (Lipinski definition) is 2. The molecular weight excluding hydrogens is 380 g/mol. The number of amides is 3. The van der Waals surface area contributed by atoms with Gasteiger partial charge in [-0.15, -0.1) is 0 Å². The number of nitrogens with one attached hydrogen (secondary N) is 2. The molecule has 3 amide bonds. The average Bonchev–Trinajstić information content (AvgIpc) is 2.73. The highest BCUT2D eigenvalue weighted by Crippen LogP contribution is 2.18. The number of esters is 1. The van der Waals surface area contributed by atoms with Crippen molar-refractivity contribution in [3.05, 3.63) is 48.5 Å². The monoisotopic (exact) mass is 402 g/mol. The number of rotatable bonds is 8. The molecule has 0 spiro atoms. The molecule has 0 aliphatic carbocycles. The van der Waals surface area contributed by atoms with E-state index in [1.54, 1.807) is 48.5 Å². The van der Waals surface area contributed by atoms with Crippen LogP contribution in [0.25, 0.3) is 0 Å². The first-order valence-electron chi connectivity index (χ1n) is 8.63. The maximum atomic E-state index is 11.9. The maximum Gasteiger partial charge on any atom is 0.347 e. The molecule has 2 N–H and O–H groups in total. The highest BCUT2D eigenvalue weighted by Gasteiger charge is 2.18. The van der Waals surface area contributed by atoms with Crippen LogP contribution in [0.3, 0.4) is 0 Å². The van der Waals surface area contributed by atoms with Crippen LogP contribution in [0.15, 0.2) is 48.5 Å². The lowest BCUT2D eigenvalue weighted by Crippen LogP contribution is -2.38. The van der Waals surface area contributed by atoms with Gasteiger partial charge in [0.15, 0.2) is 12.7 Å². The molecule has 0 heterocycles. The van der Waals surface area contributed by atoms with E-state index in [-0.39, 0.29) is 0 Å². The first kappa shape index (κ1) is 21.5. The van der Waals surface area contributed by atoms with Gasteiger partial charge in [-0.3, -0.25) is 10.1 Å². The summed E-state index contributed by atoms with van der Waals surface area (Å²) < 4.78 is 20.4. The maximum absolute atomic E-state index is 11.9. The summed E-state index contributed by atoms with van der Waals surface area (Å²) in [5.74, 6) is 0.202. The van der Waals surface area contributed by atoms with Crippen molar-refractivity contribution in [2.24, 2.45) is 0 Å². The van der Waals surface area contributed by atoms with Crippen LogP contribution in [0, 0.1) is 0 Å². The fraction of sp³-hybridized carbons (Fsp3) is 0.250. The Morgan fingerprint density at radius 3 is 1.93 bits per heavy atom. The van der Waals surface area contributed by atoms with E-state index in [9.17, 15) is 14.4 Å². The van der Waals surface area contributed by atoms with Crippen LogP contribution in [0.1, 0.15) is 6.92 Å². The topological polar surface area (TPSA) is 112 Å². The highest BCUT2D eigenvalue weighted by molar-refractivity contribution is 6.01. The average molecular weight is 402 g/mol. The molecule has 2 aromatic rings. The van der Waals surface area contributed by atoms with Gasteiger partial charge in [0.25, 0.3) is 5.91 Å². The number of benzene rings is 2. The van der Waals surface area contributed by atoms with Gasteiger partial charge < -0.3 is 24.3 Å². The number of carbonyl (C=O) groups excluding carboxylic acids is 3. The van der Waals surface area contributed by atoms with Gasteiger partial charge in [-0.2, -0.15) is 0 Å². The van der Waals surface area contributed by atoms with E-state index in [0.29, 0.717) is 22.9 Å². The molecule has 0 aliphatic rings. The number of carbonyl (C=O) groups is 3. The molecule has 0 aliphatic heterocycles. The van der Waals surface area contributed by atoms with E-state index in [1.165, 1.54) is 21.1 Å². The summed E-state index contributed by atoms with van der Waals surface area (Å²) in [6, 6.07) is 12.4. The van der Waals surface area contributed by atoms with Crippen LogP contribution in [0.5, 0.6) is 17.2 Å². The predicted octanol–water partition coefficient (Wildman–Crippen LogP) is 2.36. The van der Waals surface area contributed by atoms with E-state index in [4.69, 9.17) is 18.9 Å². The molecule has 154 valence electrons. The molecule has 0 saturated heterocycles. The number of methoxy groups -OCH3 is 2. The number of hydrogen-bond acceptors (Lipinski definition) is 7. The summed E-state index contributed by atoms with van der Waals surface area (Å²) >= 11 is 0. The zero-order valence-electron chi connectivity index (χ0n) is 16.3. The normalized spacial score (nSPS) is 11.0. The Hall–Kier alpha value is -3.75. The van der Waals surface area contributed by atoms with Crippen molar-refractivity contribution in [1.29, 1.82) is 0 Å². The largest absolute Gasteiger partial charge is 0.497 e. The van der Waals surface area contributed by atoms with Crippen molar-refractivity contribution in [3.8, 4) is 17.2 Å². The molecular formula is C20H22N2O7. The lowest BCUT2D eigenvalue weighted by atomic mass is 10.3. The molecule has 9 nitrogen and oxygen atoms in total. The Balaban J connectivity index is 1.73. The zero-order valence-corrected chi connectivity index (χ0v) is 16.3. The number of urea groups is 1. The second-order valence-electron chi connectivity index (χ2n) is 5.77. The van der Waals surface area contributed by atoms with Gasteiger partial charge in [-0.1, -0.05) is 0 Å². The molecule has 2 aromatic carbocycles. The summed E-state index contributed by atoms with van der Waals surface area (Å²) in [6.07, 6.45) is -0.940. The molecule has 0 fully saturated rings. The van der Waals surface area contributed by atoms with E-state index < -0.39 is 30.6 Å². The third kappa shape index (κ3) is 7.06. The lowest BCUT2D eigenvalue weighted by molar-refractivity contribution is -0.154. The second kappa shape index (κ2) is 10.5. The van der Waals surface area contributed by atoms with Crippen LogP contribution >= 0.6 is 0 Å². The quantitative estimate of drug-likeness (QED) is 0.652. The van der Waals surface area contributed by atoms with E-state index in [2.05, 4.69) is 10.6 Å². The van der Waals surface area contributed by atoms with E-state index >= 15 is 0 Å². The van der Waals surface area contributed by atoms with Crippen molar-refractivity contribution < 1.29 is 33.3 Å². The Kier molecular flexibility index (Phi) is 7.84. The molecule has 29 heavy (non-hydrogen) atoms. The second-order valence-corrected chi connectivity index (χ2v) is 5.77. The van der Waals surface area contributed by atoms with Crippen LogP contribution in [-0.4, -0.2) is 44.8 Å². The minimum Gasteiger partial charge on any atom is -0.497 e. The molecule has 1 unspecified atom stereocenters. The van der Waals surface area contributed by atoms with Gasteiger partial charge in [0.2, 0.25) is 0 Å². The zero-order chi connectivity index (χ0) is 21.2. The Morgan fingerprint density at radius 2 is 1.38 bits per heavy atom. The fourth-order valence-electron chi connectivity index (χ4n) is 2.16. The summed E-state index contributed by atoms with van der Waals surface area (Å²) in [5, 5.41) is 4.54. The van der Waals surface area contributed by atoms with Crippen LogP contribution < -0.4 is 24.8 Å². The van der Waals surface area contributed by atoms with Crippen LogP contribution in [-0.2, 0) is 14.3 Å². The van der Waals surface area contributed by atoms with Crippen molar-refractivity contribution in [2.75, 3.05) is 26.1 Å². The fourth-order valence-corrected chi connectivity index (χ4v) is 2.16. The van der Waals surface area contributed by atoms with Crippen molar-refractivity contribution in [3.63, 3.8) is 0 Å². The molecule has 0 bridgehead atoms. The van der Waals surface area contributed by atoms with Gasteiger partial charge in [-0.25, -0.2) is 9.59 Å². The first-order chi connectivity index (χ1) is 13.9. The molecule has 0 aromatic heterocycles. The molecule has 0 saturated carbocycles. The van der Waals surface area contributed by atoms with E-state index in [0.717, 1.165) is 0 Å². The van der Waals surface area contributed by atoms with Crippen LogP contribution in [0.2, 0.25) is 0 Å². The lowest BCUT2D eigenvalue weighted by Gasteiger charge is -2.14. The minimum atomic E-state index is -0.940. The van der Waals surface area contributed by atoms with Crippen molar-refractivity contribution >= 4 is 23.6 Å². The van der Waals surface area contributed by atoms with Gasteiger partial charge in [0.05, 0.1) is 14.2 Å². The minimum absolute atomic E-state index is 0.443. The third-order valence-electron chi connectivity index (χ3n) is 3.65. The Morgan fingerprint density at radius 1 is 0.862 bits per heavy atom. The summed E-state index contributed by atoms with van der Waals surface area (Å²) in [4.78, 5) is 35.5. The molecule has 9 heteroatoms. The molecule has 1 atom stereocenters. The van der Waals surface area contributed by atoms with Gasteiger partial charge in [-0.05, 0) is 55.5 Å². The Bertz CT molecular complexity index is 835. The third-order valence-corrected chi connectivity index (χ3v) is 3.65. The van der Waals surface area contributed by atoms with Gasteiger partial charge in [0, 0.05) is 5.69 Å². The smallest absolute Gasteiger partial charge is 0.347 e. The predicted molar refractivity (Wildman–Crippen MR) is 104 cm³/mol. The van der Waals surface area contributed by atoms with Crippen molar-refractivity contribution in [2.45, 2.75) is 13.0 Å². The first-order valence-corrected chi connectivity index (χ1v) is 8.63. The summed E-state index contributed by atoms with van der Waals surface area (Å²) in [7, 11) is 3.07. The molecule has 2 rings (SSSR count). The van der Waals surface area contributed by atoms with E-state index in [1.807, 2.05) is 0 Å². The number of imide groups is 1. The highest BCUT2D eigenvalue weighted by atomic mass is 16.6. The number of ether oxygens (including phenoxy) is 4. The van der Waals surface area contributed by atoms with Crippen molar-refractivity contribution in [1.82, 2.24) is 5.32 Å². The Labute approximate surface area is 167 Å². The summed E-state index contributed by atoms with van der Waals surface area (Å²) in [5.41, 5.74) is 0.467. The standard InChI is InChI=1S/C20H22N2O7/c1-13(29-17-10-8-16(27-3)9-11-17)19(24)28-12-18(23)22-20(25)21-14-4-6-15(26-2)7-5-14/h4-11,13H,12H2,1-3H3,(H2,21,22,23,25).